The summed E-state index contributed by atoms with van der Waals surface area (Å²) in [6, 6.07) is 13.3. The number of benzene rings is 2. The minimum atomic E-state index is -0.0286. The number of nitrogens with zero attached hydrogens (tertiary/aromatic N) is 1. The molecule has 1 aliphatic rings. The fourth-order valence-electron chi connectivity index (χ4n) is 2.54. The lowest BCUT2D eigenvalue weighted by Gasteiger charge is -2.17. The highest BCUT2D eigenvalue weighted by molar-refractivity contribution is 5.96. The zero-order valence-electron chi connectivity index (χ0n) is 12.0. The molecule has 0 bridgehead atoms. The van der Waals surface area contributed by atoms with Crippen molar-refractivity contribution in [3.63, 3.8) is 0 Å². The molecule has 1 amide bonds. The highest BCUT2D eigenvalue weighted by atomic mass is 16.5. The second kappa shape index (κ2) is 5.48. The van der Waals surface area contributed by atoms with Gasteiger partial charge in [0.25, 0.3) is 5.91 Å². The molecule has 0 fully saturated rings. The van der Waals surface area contributed by atoms with E-state index < -0.39 is 0 Å². The van der Waals surface area contributed by atoms with Gasteiger partial charge in [-0.3, -0.25) is 4.79 Å². The monoisotopic (exact) mass is 282 g/mol. The number of carbonyl (C=O) groups is 1. The predicted octanol–water partition coefficient (Wildman–Crippen LogP) is 2.55. The summed E-state index contributed by atoms with van der Waals surface area (Å²) in [5.74, 6) is 0.685. The van der Waals surface area contributed by atoms with E-state index in [2.05, 4.69) is 0 Å². The Kier molecular flexibility index (Phi) is 3.52. The number of aryl methyl sites for hydroxylation is 1. The molecule has 4 heteroatoms. The molecule has 3 rings (SSSR count). The second-order valence-corrected chi connectivity index (χ2v) is 5.29. The Hall–Kier alpha value is -2.49. The SMILES string of the molecule is Cc1ccc(OCC(=O)N2CCc3cc(N)ccc32)cc1. The van der Waals surface area contributed by atoms with Crippen LogP contribution in [0.25, 0.3) is 0 Å². The van der Waals surface area contributed by atoms with Crippen LogP contribution in [0.15, 0.2) is 42.5 Å². The smallest absolute Gasteiger partial charge is 0.264 e. The average Bonchev–Trinajstić information content (AvgIpc) is 2.89. The minimum absolute atomic E-state index is 0.0286. The molecule has 0 radical (unpaired) electrons. The van der Waals surface area contributed by atoms with Gasteiger partial charge in [0.05, 0.1) is 0 Å². The van der Waals surface area contributed by atoms with Gasteiger partial charge < -0.3 is 15.4 Å². The van der Waals surface area contributed by atoms with E-state index in [0.717, 1.165) is 23.4 Å². The van der Waals surface area contributed by atoms with Gasteiger partial charge in [0.1, 0.15) is 5.75 Å². The molecule has 0 aromatic heterocycles. The third kappa shape index (κ3) is 2.84. The summed E-state index contributed by atoms with van der Waals surface area (Å²) in [6.45, 7) is 2.75. The summed E-state index contributed by atoms with van der Waals surface area (Å²) in [5, 5.41) is 0. The first kappa shape index (κ1) is 13.5. The van der Waals surface area contributed by atoms with Gasteiger partial charge in [0.2, 0.25) is 0 Å². The number of carbonyl (C=O) groups excluding carboxylic acids is 1. The number of rotatable bonds is 3. The lowest BCUT2D eigenvalue weighted by atomic mass is 10.1. The molecule has 2 aromatic rings. The van der Waals surface area contributed by atoms with Gasteiger partial charge in [-0.25, -0.2) is 0 Å². The van der Waals surface area contributed by atoms with Gasteiger partial charge in [-0.05, 0) is 49.2 Å². The number of ether oxygens (including phenoxy) is 1. The zero-order valence-corrected chi connectivity index (χ0v) is 12.0. The van der Waals surface area contributed by atoms with Crippen molar-refractivity contribution >= 4 is 17.3 Å². The first-order chi connectivity index (χ1) is 10.1. The van der Waals surface area contributed by atoms with Crippen molar-refractivity contribution in [2.45, 2.75) is 13.3 Å². The van der Waals surface area contributed by atoms with Crippen molar-refractivity contribution in [3.05, 3.63) is 53.6 Å². The molecule has 0 atom stereocenters. The lowest BCUT2D eigenvalue weighted by Crippen LogP contribution is -2.33. The molecule has 1 heterocycles. The molecular weight excluding hydrogens is 264 g/mol. The topological polar surface area (TPSA) is 55.6 Å². The van der Waals surface area contributed by atoms with E-state index >= 15 is 0 Å². The maximum absolute atomic E-state index is 12.3. The van der Waals surface area contributed by atoms with Gasteiger partial charge in [-0.2, -0.15) is 0 Å². The number of nitrogen functional groups attached to an aromatic ring is 1. The van der Waals surface area contributed by atoms with Crippen LogP contribution in [0.2, 0.25) is 0 Å². The van der Waals surface area contributed by atoms with Crippen LogP contribution in [-0.2, 0) is 11.2 Å². The highest BCUT2D eigenvalue weighted by Crippen LogP contribution is 2.29. The van der Waals surface area contributed by atoms with E-state index in [1.54, 1.807) is 4.90 Å². The Morgan fingerprint density at radius 1 is 1.24 bits per heavy atom. The minimum Gasteiger partial charge on any atom is -0.484 e. The molecule has 1 aliphatic heterocycles. The fraction of sp³-hybridized carbons (Fsp3) is 0.235. The maximum Gasteiger partial charge on any atom is 0.264 e. The number of hydrogen-bond acceptors (Lipinski definition) is 3. The molecule has 0 saturated heterocycles. The van der Waals surface area contributed by atoms with Crippen molar-refractivity contribution in [1.29, 1.82) is 0 Å². The van der Waals surface area contributed by atoms with Crippen molar-refractivity contribution in [2.24, 2.45) is 0 Å². The first-order valence-electron chi connectivity index (χ1n) is 7.02. The Morgan fingerprint density at radius 3 is 2.76 bits per heavy atom. The van der Waals surface area contributed by atoms with Crippen molar-refractivity contribution in [1.82, 2.24) is 0 Å². The third-order valence-corrected chi connectivity index (χ3v) is 3.68. The number of hydrogen-bond donors (Lipinski definition) is 1. The Morgan fingerprint density at radius 2 is 2.00 bits per heavy atom. The Balaban J connectivity index is 1.66. The Labute approximate surface area is 124 Å². The van der Waals surface area contributed by atoms with Crippen LogP contribution >= 0.6 is 0 Å². The van der Waals surface area contributed by atoms with E-state index in [4.69, 9.17) is 10.5 Å². The van der Waals surface area contributed by atoms with Gasteiger partial charge in [0.15, 0.2) is 6.61 Å². The predicted molar refractivity (Wildman–Crippen MR) is 83.6 cm³/mol. The van der Waals surface area contributed by atoms with Crippen molar-refractivity contribution < 1.29 is 9.53 Å². The number of nitrogens with two attached hydrogens (primary N) is 1. The molecule has 0 unspecified atom stereocenters. The first-order valence-corrected chi connectivity index (χ1v) is 7.02. The summed E-state index contributed by atoms with van der Waals surface area (Å²) in [7, 11) is 0. The van der Waals surface area contributed by atoms with E-state index in [0.29, 0.717) is 12.3 Å². The lowest BCUT2D eigenvalue weighted by molar-refractivity contribution is -0.120. The molecule has 2 N–H and O–H groups in total. The van der Waals surface area contributed by atoms with Crippen LogP contribution in [0.1, 0.15) is 11.1 Å². The summed E-state index contributed by atoms with van der Waals surface area (Å²) in [4.78, 5) is 14.1. The molecule has 0 aliphatic carbocycles. The molecule has 0 saturated carbocycles. The van der Waals surface area contributed by atoms with Gasteiger partial charge in [0, 0.05) is 17.9 Å². The molecule has 4 nitrogen and oxygen atoms in total. The number of fused-ring (bicyclic) bond motifs is 1. The zero-order chi connectivity index (χ0) is 14.8. The molecule has 21 heavy (non-hydrogen) atoms. The largest absolute Gasteiger partial charge is 0.484 e. The van der Waals surface area contributed by atoms with E-state index in [1.807, 2.05) is 49.4 Å². The summed E-state index contributed by atoms with van der Waals surface area (Å²) >= 11 is 0. The average molecular weight is 282 g/mol. The summed E-state index contributed by atoms with van der Waals surface area (Å²) < 4.78 is 5.56. The summed E-state index contributed by atoms with van der Waals surface area (Å²) in [5.41, 5.74) is 9.74. The van der Waals surface area contributed by atoms with Gasteiger partial charge in [-0.15, -0.1) is 0 Å². The third-order valence-electron chi connectivity index (χ3n) is 3.68. The fourth-order valence-corrected chi connectivity index (χ4v) is 2.54. The van der Waals surface area contributed by atoms with E-state index in [9.17, 15) is 4.79 Å². The van der Waals surface area contributed by atoms with Gasteiger partial charge >= 0.3 is 0 Å². The molecule has 0 spiro atoms. The highest BCUT2D eigenvalue weighted by Gasteiger charge is 2.24. The van der Waals surface area contributed by atoms with Crippen LogP contribution in [0.3, 0.4) is 0 Å². The van der Waals surface area contributed by atoms with Crippen LogP contribution < -0.4 is 15.4 Å². The quantitative estimate of drug-likeness (QED) is 0.880. The number of amides is 1. The number of anilines is 2. The Bertz CT molecular complexity index is 665. The van der Waals surface area contributed by atoms with Crippen LogP contribution in [-0.4, -0.2) is 19.1 Å². The normalized spacial score (nSPS) is 13.1. The van der Waals surface area contributed by atoms with E-state index in [-0.39, 0.29) is 12.5 Å². The maximum atomic E-state index is 12.3. The van der Waals surface area contributed by atoms with Gasteiger partial charge in [-0.1, -0.05) is 17.7 Å². The second-order valence-electron chi connectivity index (χ2n) is 5.29. The van der Waals surface area contributed by atoms with Crippen LogP contribution in [0.4, 0.5) is 11.4 Å². The summed E-state index contributed by atoms with van der Waals surface area (Å²) in [6.07, 6.45) is 0.844. The molecule has 108 valence electrons. The van der Waals surface area contributed by atoms with Crippen molar-refractivity contribution in [3.8, 4) is 5.75 Å². The standard InChI is InChI=1S/C17H18N2O2/c1-12-2-5-15(6-3-12)21-11-17(20)19-9-8-13-10-14(18)4-7-16(13)19/h2-7,10H,8-9,11,18H2,1H3. The molecular formula is C17H18N2O2. The van der Waals surface area contributed by atoms with Crippen molar-refractivity contribution in [2.75, 3.05) is 23.8 Å². The van der Waals surface area contributed by atoms with Crippen LogP contribution in [0, 0.1) is 6.92 Å². The van der Waals surface area contributed by atoms with E-state index in [1.165, 1.54) is 5.56 Å². The van der Waals surface area contributed by atoms with Crippen LogP contribution in [0.5, 0.6) is 5.75 Å². The molecule has 2 aromatic carbocycles.